The van der Waals surface area contributed by atoms with Crippen molar-refractivity contribution in [2.75, 3.05) is 24.2 Å². The number of rotatable bonds is 22. The summed E-state index contributed by atoms with van der Waals surface area (Å²) in [6, 6.07) is 8.32. The number of sulfone groups is 1. The molecule has 0 atom stereocenters. The van der Waals surface area contributed by atoms with Crippen molar-refractivity contribution in [1.82, 2.24) is 13.7 Å². The summed E-state index contributed by atoms with van der Waals surface area (Å²) in [5, 5.41) is 6.60. The first-order valence-electron chi connectivity index (χ1n) is 19.1. The number of aryl methyl sites for hydroxylation is 1. The molecule has 0 saturated carbocycles. The van der Waals surface area contributed by atoms with Crippen LogP contribution in [0.3, 0.4) is 0 Å². The zero-order valence-corrected chi connectivity index (χ0v) is 34.7. The van der Waals surface area contributed by atoms with Crippen LogP contribution >= 0.6 is 11.3 Å². The first kappa shape index (κ1) is 42.9. The number of benzene rings is 2. The molecule has 1 aliphatic heterocycles. The summed E-state index contributed by atoms with van der Waals surface area (Å²) in [4.78, 5) is 14.3. The maximum Gasteiger partial charge on any atom is 0.276 e. The number of fused-ring (bicyclic) bond motifs is 1. The van der Waals surface area contributed by atoms with Gasteiger partial charge < -0.3 is 9.88 Å². The van der Waals surface area contributed by atoms with Crippen LogP contribution < -0.4 is 14.9 Å². The highest BCUT2D eigenvalue weighted by Gasteiger charge is 2.27. The Bertz CT molecular complexity index is 2070. The molecule has 1 aliphatic rings. The number of sulfonamides is 2. The molecule has 1 aromatic heterocycles. The van der Waals surface area contributed by atoms with Crippen LogP contribution in [0.25, 0.3) is 10.2 Å². The van der Waals surface area contributed by atoms with Gasteiger partial charge in [0.05, 0.1) is 36.3 Å². The van der Waals surface area contributed by atoms with Gasteiger partial charge in [-0.15, -0.1) is 5.10 Å². The van der Waals surface area contributed by atoms with Crippen molar-refractivity contribution >= 4 is 63.0 Å². The number of piperidine rings is 1. The summed E-state index contributed by atoms with van der Waals surface area (Å²) in [6.45, 7) is 4.42. The maximum atomic E-state index is 13.4. The molecule has 0 aliphatic carbocycles. The lowest BCUT2D eigenvalue weighted by atomic mass is 10.0. The van der Waals surface area contributed by atoms with Crippen LogP contribution in [0.2, 0.25) is 0 Å². The number of nitrogens with zero attached hydrogens (tertiary/aromatic N) is 3. The highest BCUT2D eigenvalue weighted by molar-refractivity contribution is 7.91. The summed E-state index contributed by atoms with van der Waals surface area (Å²) < 4.78 is 83.7. The fraction of sp³-hybridized carbons (Fsp3) is 0.622. The lowest BCUT2D eigenvalue weighted by Crippen LogP contribution is -2.35. The molecule has 1 amide bonds. The zero-order chi connectivity index (χ0) is 38.5. The molecule has 2 heterocycles. The van der Waals surface area contributed by atoms with Gasteiger partial charge >= 0.3 is 0 Å². The summed E-state index contributed by atoms with van der Waals surface area (Å²) in [6.07, 6.45) is 18.7. The van der Waals surface area contributed by atoms with E-state index in [-0.39, 0.29) is 30.9 Å². The minimum absolute atomic E-state index is 0.110. The molecule has 0 bridgehead atoms. The van der Waals surface area contributed by atoms with Crippen LogP contribution in [0.1, 0.15) is 123 Å². The van der Waals surface area contributed by atoms with E-state index in [2.05, 4.69) is 22.2 Å². The smallest absolute Gasteiger partial charge is 0.276 e. The molecular weight excluding hydrogens is 755 g/mol. The second-order valence-corrected chi connectivity index (χ2v) is 20.7. The fourth-order valence-corrected chi connectivity index (χ4v) is 11.5. The Balaban J connectivity index is 1.36. The van der Waals surface area contributed by atoms with Gasteiger partial charge in [0.15, 0.2) is 9.84 Å². The summed E-state index contributed by atoms with van der Waals surface area (Å²) in [5.74, 6) is -0.648. The highest BCUT2D eigenvalue weighted by atomic mass is 32.2. The Morgan fingerprint density at radius 3 is 1.91 bits per heavy atom. The predicted octanol–water partition coefficient (Wildman–Crippen LogP) is 7.42. The van der Waals surface area contributed by atoms with E-state index in [4.69, 9.17) is 0 Å². The highest BCUT2D eigenvalue weighted by Crippen LogP contribution is 2.28. The van der Waals surface area contributed by atoms with E-state index in [1.165, 1.54) is 92.5 Å². The van der Waals surface area contributed by atoms with Crippen LogP contribution in [0, 0.1) is 0 Å². The number of thiazole rings is 1. The van der Waals surface area contributed by atoms with Crippen molar-refractivity contribution in [3.8, 4) is 0 Å². The molecule has 0 unspecified atom stereocenters. The number of anilines is 1. The molecule has 3 aromatic rings. The normalized spacial score (nSPS) is 14.9. The van der Waals surface area contributed by atoms with Gasteiger partial charge in [-0.2, -0.15) is 17.6 Å². The van der Waals surface area contributed by atoms with Gasteiger partial charge in [0, 0.05) is 27.1 Å². The number of carbonyl (C=O) groups is 1. The lowest BCUT2D eigenvalue weighted by Gasteiger charge is -2.25. The average molecular weight is 812 g/mol. The number of aromatic nitrogens is 1. The molecule has 12 nitrogen and oxygen atoms in total. The Hall–Kier alpha value is -2.79. The molecule has 2 N–H and O–H groups in total. The van der Waals surface area contributed by atoms with Crippen molar-refractivity contribution in [3.05, 3.63) is 41.2 Å². The van der Waals surface area contributed by atoms with Crippen LogP contribution in [-0.4, -0.2) is 58.9 Å². The molecule has 0 spiro atoms. The molecule has 1 fully saturated rings. The number of nitrogens with one attached hydrogen (secondary N) is 2. The number of carbonyl (C=O) groups excluding carboxylic acids is 1. The summed E-state index contributed by atoms with van der Waals surface area (Å²) in [7, 11) is -10.1. The minimum atomic E-state index is -4.29. The van der Waals surface area contributed by atoms with Crippen LogP contribution in [-0.2, 0) is 41.7 Å². The van der Waals surface area contributed by atoms with E-state index in [0.29, 0.717) is 29.7 Å². The van der Waals surface area contributed by atoms with E-state index >= 15 is 0 Å². The van der Waals surface area contributed by atoms with Crippen LogP contribution in [0.4, 0.5) is 5.69 Å². The van der Waals surface area contributed by atoms with Crippen molar-refractivity contribution in [3.63, 3.8) is 0 Å². The molecular formula is C37H57N5O7S4. The third-order valence-electron chi connectivity index (χ3n) is 9.67. The van der Waals surface area contributed by atoms with Crippen molar-refractivity contribution in [2.24, 2.45) is 12.1 Å². The molecule has 53 heavy (non-hydrogen) atoms. The van der Waals surface area contributed by atoms with E-state index in [9.17, 15) is 30.0 Å². The Kier molecular flexibility index (Phi) is 16.4. The van der Waals surface area contributed by atoms with E-state index < -0.39 is 35.8 Å². The van der Waals surface area contributed by atoms with Gasteiger partial charge in [-0.3, -0.25) is 4.79 Å². The fourth-order valence-electron chi connectivity index (χ4n) is 6.61. The number of hydrogen-bond acceptors (Lipinski definition) is 9. The van der Waals surface area contributed by atoms with E-state index in [1.807, 2.05) is 0 Å². The molecule has 0 radical (unpaired) electrons. The molecule has 296 valence electrons. The summed E-state index contributed by atoms with van der Waals surface area (Å²) in [5.41, 5.74) is 0.466. The molecule has 2 aromatic carbocycles. The minimum Gasteiger partial charge on any atom is -0.325 e. The monoisotopic (exact) mass is 811 g/mol. The van der Waals surface area contributed by atoms with E-state index in [1.54, 1.807) is 29.8 Å². The molecule has 16 heteroatoms. The largest absolute Gasteiger partial charge is 0.325 e. The predicted molar refractivity (Wildman–Crippen MR) is 212 cm³/mol. The van der Waals surface area contributed by atoms with Gasteiger partial charge in [-0.1, -0.05) is 108 Å². The van der Waals surface area contributed by atoms with E-state index in [0.717, 1.165) is 51.0 Å². The SMILES string of the molecule is CCCCCCCCCCCCCCCCS(=O)(=O)c1ccc(S(=O)(=O)N/N=c2/sc3ccc(S(=O)(=O)N4CCCCC4)cc3n2C)cc1NC(C)=O. The topological polar surface area (TPSA) is 164 Å². The van der Waals surface area contributed by atoms with Gasteiger partial charge in [-0.05, 0) is 55.7 Å². The van der Waals surface area contributed by atoms with Crippen molar-refractivity contribution in [1.29, 1.82) is 0 Å². The Morgan fingerprint density at radius 2 is 1.32 bits per heavy atom. The maximum absolute atomic E-state index is 13.4. The quantitative estimate of drug-likeness (QED) is 0.0788. The van der Waals surface area contributed by atoms with Crippen LogP contribution in [0.15, 0.2) is 56.2 Å². The number of amides is 1. The van der Waals surface area contributed by atoms with Gasteiger partial charge in [0.2, 0.25) is 20.7 Å². The first-order chi connectivity index (χ1) is 25.3. The molecule has 1 saturated heterocycles. The standard InChI is InChI=1S/C37H57N5O7S4/c1-4-5-6-7-8-9-10-11-12-13-14-15-16-20-27-51(44,45)36-24-22-31(28-33(36)38-30(2)43)52(46,47)40-39-37-41(3)34-29-32(21-23-35(34)50-37)53(48,49)42-25-18-17-19-26-42/h21-24,28-29,40H,4-20,25-27H2,1-3H3,(H,38,43)/b39-37+. The number of hydrogen-bond donors (Lipinski definition) is 2. The second-order valence-electron chi connectivity index (χ2n) is 14.0. The van der Waals surface area contributed by atoms with Gasteiger partial charge in [0.1, 0.15) is 0 Å². The third-order valence-corrected chi connectivity index (χ3v) is 15.7. The Labute approximate surface area is 320 Å². The van der Waals surface area contributed by atoms with Crippen molar-refractivity contribution in [2.45, 2.75) is 138 Å². The average Bonchev–Trinajstić information content (AvgIpc) is 3.45. The second kappa shape index (κ2) is 20.2. The van der Waals surface area contributed by atoms with Gasteiger partial charge in [0.25, 0.3) is 10.0 Å². The van der Waals surface area contributed by atoms with Crippen molar-refractivity contribution < 1.29 is 30.0 Å². The Morgan fingerprint density at radius 1 is 0.755 bits per heavy atom. The lowest BCUT2D eigenvalue weighted by molar-refractivity contribution is -0.114. The molecule has 4 rings (SSSR count). The van der Waals surface area contributed by atoms with Gasteiger partial charge in [-0.25, -0.2) is 16.8 Å². The first-order valence-corrected chi connectivity index (χ1v) is 24.4. The zero-order valence-electron chi connectivity index (χ0n) is 31.4. The number of unbranched alkanes of at least 4 members (excludes halogenated alkanes) is 13. The third kappa shape index (κ3) is 12.4. The van der Waals surface area contributed by atoms with Crippen LogP contribution in [0.5, 0.6) is 0 Å². The summed E-state index contributed by atoms with van der Waals surface area (Å²) >= 11 is 1.18.